The summed E-state index contributed by atoms with van der Waals surface area (Å²) in [6.07, 6.45) is 12.7. The summed E-state index contributed by atoms with van der Waals surface area (Å²) in [5.74, 6) is 0. The van der Waals surface area contributed by atoms with E-state index in [2.05, 4.69) is 26.1 Å². The Morgan fingerprint density at radius 2 is 1.95 bits per heavy atom. The second-order valence-corrected chi connectivity index (χ2v) is 6.61. The molecule has 0 amide bonds. The predicted octanol–water partition coefficient (Wildman–Crippen LogP) is 4.28. The molecule has 2 aliphatic rings. The van der Waals surface area contributed by atoms with Crippen LogP contribution < -0.4 is 5.32 Å². The summed E-state index contributed by atoms with van der Waals surface area (Å²) in [6, 6.07) is 1.49. The number of hydrogen-bond donors (Lipinski definition) is 1. The van der Waals surface area contributed by atoms with Crippen LogP contribution in [0.1, 0.15) is 78.6 Å². The standard InChI is InChI=1S/C17H33NO/c1-4-7-10-14(9-5-2)18-15-13-16(19-6-3)17(15)11-8-12-17/h14-16,18H,4-13H2,1-3H3. The highest BCUT2D eigenvalue weighted by molar-refractivity contribution is 5.12. The van der Waals surface area contributed by atoms with E-state index in [9.17, 15) is 0 Å². The summed E-state index contributed by atoms with van der Waals surface area (Å²) in [4.78, 5) is 0. The van der Waals surface area contributed by atoms with Crippen LogP contribution in [-0.2, 0) is 4.74 Å². The molecule has 19 heavy (non-hydrogen) atoms. The van der Waals surface area contributed by atoms with Gasteiger partial charge in [-0.25, -0.2) is 0 Å². The van der Waals surface area contributed by atoms with Crippen molar-refractivity contribution in [2.45, 2.75) is 96.7 Å². The highest BCUT2D eigenvalue weighted by atomic mass is 16.5. The van der Waals surface area contributed by atoms with Gasteiger partial charge in [-0.3, -0.25) is 0 Å². The molecule has 3 unspecified atom stereocenters. The molecular formula is C17H33NO. The van der Waals surface area contributed by atoms with Gasteiger partial charge in [0.15, 0.2) is 0 Å². The predicted molar refractivity (Wildman–Crippen MR) is 81.5 cm³/mol. The fraction of sp³-hybridized carbons (Fsp3) is 1.00. The number of nitrogens with one attached hydrogen (secondary N) is 1. The summed E-state index contributed by atoms with van der Waals surface area (Å²) in [5.41, 5.74) is 0.522. The van der Waals surface area contributed by atoms with Crippen molar-refractivity contribution in [1.29, 1.82) is 0 Å². The molecular weight excluding hydrogens is 234 g/mol. The zero-order chi connectivity index (χ0) is 13.7. The van der Waals surface area contributed by atoms with Crippen LogP contribution in [-0.4, -0.2) is 24.8 Å². The first kappa shape index (κ1) is 15.3. The Morgan fingerprint density at radius 3 is 2.47 bits per heavy atom. The van der Waals surface area contributed by atoms with E-state index >= 15 is 0 Å². The monoisotopic (exact) mass is 267 g/mol. The SMILES string of the molecule is CCCCC(CCC)NC1CC(OCC)C12CCC2. The highest BCUT2D eigenvalue weighted by Crippen LogP contribution is 2.57. The lowest BCUT2D eigenvalue weighted by Gasteiger charge is -2.62. The molecule has 0 radical (unpaired) electrons. The van der Waals surface area contributed by atoms with E-state index < -0.39 is 0 Å². The largest absolute Gasteiger partial charge is 0.378 e. The van der Waals surface area contributed by atoms with Gasteiger partial charge in [0.05, 0.1) is 6.10 Å². The number of unbranched alkanes of at least 4 members (excludes halogenated alkanes) is 1. The van der Waals surface area contributed by atoms with Crippen molar-refractivity contribution in [3.8, 4) is 0 Å². The molecule has 112 valence electrons. The first-order valence-corrected chi connectivity index (χ1v) is 8.64. The van der Waals surface area contributed by atoms with Gasteiger partial charge < -0.3 is 10.1 Å². The fourth-order valence-electron chi connectivity index (χ4n) is 4.07. The quantitative estimate of drug-likeness (QED) is 0.673. The van der Waals surface area contributed by atoms with Crippen molar-refractivity contribution in [1.82, 2.24) is 5.32 Å². The molecule has 0 aromatic carbocycles. The average molecular weight is 267 g/mol. The van der Waals surface area contributed by atoms with Crippen molar-refractivity contribution < 1.29 is 4.74 Å². The van der Waals surface area contributed by atoms with Crippen LogP contribution >= 0.6 is 0 Å². The molecule has 0 saturated heterocycles. The van der Waals surface area contributed by atoms with Crippen molar-refractivity contribution in [2.75, 3.05) is 6.61 Å². The Labute approximate surface area is 119 Å². The molecule has 0 aromatic heterocycles. The first-order valence-electron chi connectivity index (χ1n) is 8.64. The van der Waals surface area contributed by atoms with Crippen molar-refractivity contribution in [3.63, 3.8) is 0 Å². The van der Waals surface area contributed by atoms with Crippen LogP contribution in [0.2, 0.25) is 0 Å². The third kappa shape index (κ3) is 3.16. The Bertz CT molecular complexity index is 262. The maximum Gasteiger partial charge on any atom is 0.0661 e. The highest BCUT2D eigenvalue weighted by Gasteiger charge is 2.58. The van der Waals surface area contributed by atoms with E-state index in [0.29, 0.717) is 11.5 Å². The lowest BCUT2D eigenvalue weighted by molar-refractivity contribution is -0.175. The van der Waals surface area contributed by atoms with Gasteiger partial charge in [-0.1, -0.05) is 39.5 Å². The molecule has 1 N–H and O–H groups in total. The molecule has 2 heteroatoms. The summed E-state index contributed by atoms with van der Waals surface area (Å²) < 4.78 is 5.95. The third-order valence-electron chi connectivity index (χ3n) is 5.42. The maximum atomic E-state index is 5.95. The molecule has 2 rings (SSSR count). The molecule has 0 aromatic rings. The minimum Gasteiger partial charge on any atom is -0.378 e. The molecule has 3 atom stereocenters. The second-order valence-electron chi connectivity index (χ2n) is 6.61. The summed E-state index contributed by atoms with van der Waals surface area (Å²) >= 11 is 0. The number of ether oxygens (including phenoxy) is 1. The van der Waals surface area contributed by atoms with Crippen molar-refractivity contribution in [2.24, 2.45) is 5.41 Å². The van der Waals surface area contributed by atoms with Crippen molar-refractivity contribution in [3.05, 3.63) is 0 Å². The Morgan fingerprint density at radius 1 is 1.16 bits per heavy atom. The minimum atomic E-state index is 0.522. The van der Waals surface area contributed by atoms with Crippen LogP contribution in [0.15, 0.2) is 0 Å². The molecule has 1 spiro atoms. The third-order valence-corrected chi connectivity index (χ3v) is 5.42. The van der Waals surface area contributed by atoms with Gasteiger partial charge in [0.2, 0.25) is 0 Å². The fourth-order valence-corrected chi connectivity index (χ4v) is 4.07. The van der Waals surface area contributed by atoms with E-state index in [4.69, 9.17) is 4.74 Å². The summed E-state index contributed by atoms with van der Waals surface area (Å²) in [5, 5.41) is 3.99. The smallest absolute Gasteiger partial charge is 0.0661 e. The first-order chi connectivity index (χ1) is 9.26. The zero-order valence-electron chi connectivity index (χ0n) is 13.2. The van der Waals surface area contributed by atoms with Gasteiger partial charge in [0, 0.05) is 24.1 Å². The van der Waals surface area contributed by atoms with Gasteiger partial charge >= 0.3 is 0 Å². The van der Waals surface area contributed by atoms with Crippen LogP contribution in [0.25, 0.3) is 0 Å². The van der Waals surface area contributed by atoms with Gasteiger partial charge in [-0.05, 0) is 39.0 Å². The molecule has 2 aliphatic carbocycles. The van der Waals surface area contributed by atoms with E-state index in [0.717, 1.165) is 18.7 Å². The lowest BCUT2D eigenvalue weighted by Crippen LogP contribution is -2.68. The maximum absolute atomic E-state index is 5.95. The Hall–Kier alpha value is -0.0800. The topological polar surface area (TPSA) is 21.3 Å². The number of hydrogen-bond acceptors (Lipinski definition) is 2. The van der Waals surface area contributed by atoms with Gasteiger partial charge in [-0.15, -0.1) is 0 Å². The minimum absolute atomic E-state index is 0.522. The van der Waals surface area contributed by atoms with Crippen molar-refractivity contribution >= 4 is 0 Å². The molecule has 2 saturated carbocycles. The molecule has 0 bridgehead atoms. The average Bonchev–Trinajstić information content (AvgIpc) is 2.32. The van der Waals surface area contributed by atoms with Gasteiger partial charge in [0.25, 0.3) is 0 Å². The van der Waals surface area contributed by atoms with E-state index in [-0.39, 0.29) is 0 Å². The van der Waals surface area contributed by atoms with Crippen LogP contribution in [0, 0.1) is 5.41 Å². The Balaban J connectivity index is 1.84. The Kier molecular flexibility index (Phi) is 5.70. The lowest BCUT2D eigenvalue weighted by atomic mass is 9.51. The van der Waals surface area contributed by atoms with Crippen LogP contribution in [0.5, 0.6) is 0 Å². The molecule has 0 heterocycles. The summed E-state index contributed by atoms with van der Waals surface area (Å²) in [6.45, 7) is 7.62. The number of rotatable bonds is 9. The van der Waals surface area contributed by atoms with Crippen LogP contribution in [0.3, 0.4) is 0 Å². The second kappa shape index (κ2) is 7.08. The van der Waals surface area contributed by atoms with Gasteiger partial charge in [0.1, 0.15) is 0 Å². The van der Waals surface area contributed by atoms with E-state index in [1.54, 1.807) is 0 Å². The van der Waals surface area contributed by atoms with Crippen LogP contribution in [0.4, 0.5) is 0 Å². The summed E-state index contributed by atoms with van der Waals surface area (Å²) in [7, 11) is 0. The molecule has 2 nitrogen and oxygen atoms in total. The zero-order valence-corrected chi connectivity index (χ0v) is 13.2. The molecule has 2 fully saturated rings. The normalized spacial score (nSPS) is 29.8. The van der Waals surface area contributed by atoms with E-state index in [1.165, 1.54) is 57.8 Å². The van der Waals surface area contributed by atoms with E-state index in [1.807, 2.05) is 0 Å². The van der Waals surface area contributed by atoms with Gasteiger partial charge in [-0.2, -0.15) is 0 Å². The molecule has 0 aliphatic heterocycles.